The van der Waals surface area contributed by atoms with Crippen LogP contribution in [0, 0.1) is 0 Å². The first-order valence-electron chi connectivity index (χ1n) is 7.40. The molecule has 2 N–H and O–H groups in total. The SMILES string of the molecule is C[C@@H](Sc1nc2ncc(Cl)cc2[nH]1)C(=O)c1c[nH]c2ccccc12. The van der Waals surface area contributed by atoms with E-state index in [-0.39, 0.29) is 11.0 Å². The second-order valence-corrected chi connectivity index (χ2v) is 7.20. The summed E-state index contributed by atoms with van der Waals surface area (Å²) in [6.07, 6.45) is 3.32. The summed E-state index contributed by atoms with van der Waals surface area (Å²) in [7, 11) is 0. The van der Waals surface area contributed by atoms with Crippen molar-refractivity contribution >= 4 is 51.2 Å². The van der Waals surface area contributed by atoms with Gasteiger partial charge in [-0.05, 0) is 19.1 Å². The van der Waals surface area contributed by atoms with Gasteiger partial charge in [-0.3, -0.25) is 4.79 Å². The summed E-state index contributed by atoms with van der Waals surface area (Å²) in [4.78, 5) is 27.6. The molecule has 4 aromatic rings. The van der Waals surface area contributed by atoms with Crippen molar-refractivity contribution in [2.24, 2.45) is 0 Å². The predicted molar refractivity (Wildman–Crippen MR) is 96.8 cm³/mol. The van der Waals surface area contributed by atoms with Crippen molar-refractivity contribution in [1.82, 2.24) is 19.9 Å². The minimum atomic E-state index is -0.278. The van der Waals surface area contributed by atoms with Gasteiger partial charge < -0.3 is 9.97 Å². The van der Waals surface area contributed by atoms with Gasteiger partial charge in [-0.2, -0.15) is 0 Å². The number of carbonyl (C=O) groups is 1. The van der Waals surface area contributed by atoms with Crippen molar-refractivity contribution in [3.05, 3.63) is 53.3 Å². The van der Waals surface area contributed by atoms with Gasteiger partial charge in [0.25, 0.3) is 0 Å². The Balaban J connectivity index is 1.60. The molecule has 3 heterocycles. The number of nitrogens with one attached hydrogen (secondary N) is 2. The molecule has 0 radical (unpaired) electrons. The number of imidazole rings is 1. The Morgan fingerprint density at radius 2 is 2.12 bits per heavy atom. The number of halogens is 1. The topological polar surface area (TPSA) is 74.4 Å². The second kappa shape index (κ2) is 5.96. The highest BCUT2D eigenvalue weighted by Gasteiger charge is 2.21. The van der Waals surface area contributed by atoms with Crippen molar-refractivity contribution in [2.75, 3.05) is 0 Å². The number of aromatic nitrogens is 4. The molecule has 0 saturated carbocycles. The zero-order valence-corrected chi connectivity index (χ0v) is 14.3. The number of hydrogen-bond donors (Lipinski definition) is 2. The third-order valence-corrected chi connectivity index (χ3v) is 4.99. The Morgan fingerprint density at radius 1 is 1.29 bits per heavy atom. The number of para-hydroxylation sites is 1. The monoisotopic (exact) mass is 356 g/mol. The molecule has 120 valence electrons. The molecular formula is C17H13ClN4OS. The maximum atomic E-state index is 12.8. The third-order valence-electron chi connectivity index (χ3n) is 3.79. The second-order valence-electron chi connectivity index (χ2n) is 5.44. The molecule has 24 heavy (non-hydrogen) atoms. The number of hydrogen-bond acceptors (Lipinski definition) is 4. The van der Waals surface area contributed by atoms with Crippen molar-refractivity contribution in [1.29, 1.82) is 0 Å². The lowest BCUT2D eigenvalue weighted by molar-refractivity contribution is 0.0995. The van der Waals surface area contributed by atoms with E-state index in [0.29, 0.717) is 21.4 Å². The van der Waals surface area contributed by atoms with Gasteiger partial charge in [0.2, 0.25) is 0 Å². The van der Waals surface area contributed by atoms with Gasteiger partial charge >= 0.3 is 0 Å². The van der Waals surface area contributed by atoms with Gasteiger partial charge in [-0.1, -0.05) is 41.6 Å². The van der Waals surface area contributed by atoms with Gasteiger partial charge in [-0.15, -0.1) is 0 Å². The fourth-order valence-electron chi connectivity index (χ4n) is 2.62. The van der Waals surface area contributed by atoms with Crippen LogP contribution in [0.1, 0.15) is 17.3 Å². The molecule has 0 aliphatic carbocycles. The molecule has 0 spiro atoms. The lowest BCUT2D eigenvalue weighted by Gasteiger charge is -2.07. The van der Waals surface area contributed by atoms with Crippen LogP contribution in [-0.2, 0) is 0 Å². The van der Waals surface area contributed by atoms with Crippen molar-refractivity contribution in [3.8, 4) is 0 Å². The van der Waals surface area contributed by atoms with Crippen LogP contribution in [-0.4, -0.2) is 31.0 Å². The van der Waals surface area contributed by atoms with Crippen LogP contribution >= 0.6 is 23.4 Å². The summed E-state index contributed by atoms with van der Waals surface area (Å²) in [6, 6.07) is 9.55. The van der Waals surface area contributed by atoms with E-state index in [1.807, 2.05) is 31.2 Å². The molecule has 3 aromatic heterocycles. The fourth-order valence-corrected chi connectivity index (χ4v) is 3.66. The van der Waals surface area contributed by atoms with E-state index in [9.17, 15) is 4.79 Å². The highest BCUT2D eigenvalue weighted by Crippen LogP contribution is 2.28. The highest BCUT2D eigenvalue weighted by molar-refractivity contribution is 8.00. The zero-order valence-electron chi connectivity index (χ0n) is 12.7. The number of thioether (sulfide) groups is 1. The lowest BCUT2D eigenvalue weighted by atomic mass is 10.1. The molecule has 0 aliphatic heterocycles. The molecule has 0 saturated heterocycles. The van der Waals surface area contributed by atoms with Crippen LogP contribution in [0.15, 0.2) is 47.9 Å². The summed E-state index contributed by atoms with van der Waals surface area (Å²) in [6.45, 7) is 1.88. The Kier molecular flexibility index (Phi) is 3.78. The summed E-state index contributed by atoms with van der Waals surface area (Å²) < 4.78 is 0. The fraction of sp³-hybridized carbons (Fsp3) is 0.118. The van der Waals surface area contributed by atoms with E-state index >= 15 is 0 Å². The first-order valence-corrected chi connectivity index (χ1v) is 8.66. The van der Waals surface area contributed by atoms with Crippen molar-refractivity contribution in [3.63, 3.8) is 0 Å². The van der Waals surface area contributed by atoms with Crippen LogP contribution in [0.5, 0.6) is 0 Å². The number of ketones is 1. The number of Topliss-reactive ketones (excluding diaryl/α,β-unsaturated/α-hetero) is 1. The average molecular weight is 357 g/mol. The van der Waals surface area contributed by atoms with E-state index in [1.54, 1.807) is 18.5 Å². The van der Waals surface area contributed by atoms with Crippen LogP contribution < -0.4 is 0 Å². The van der Waals surface area contributed by atoms with Gasteiger partial charge in [0.1, 0.15) is 0 Å². The molecule has 0 bridgehead atoms. The predicted octanol–water partition coefficient (Wildman–Crippen LogP) is 4.46. The number of carbonyl (C=O) groups excluding carboxylic acids is 1. The van der Waals surface area contributed by atoms with E-state index in [2.05, 4.69) is 19.9 Å². The molecule has 0 aliphatic rings. The summed E-state index contributed by atoms with van der Waals surface area (Å²) in [5.74, 6) is 0.0592. The Bertz CT molecular complexity index is 1060. The quantitative estimate of drug-likeness (QED) is 0.418. The van der Waals surface area contributed by atoms with Gasteiger partial charge in [0.15, 0.2) is 16.6 Å². The molecule has 1 atom stereocenters. The smallest absolute Gasteiger partial charge is 0.178 e. The number of nitrogens with zero attached hydrogens (tertiary/aromatic N) is 2. The number of pyridine rings is 1. The van der Waals surface area contributed by atoms with Gasteiger partial charge in [0, 0.05) is 28.9 Å². The van der Waals surface area contributed by atoms with Gasteiger partial charge in [-0.25, -0.2) is 9.97 Å². The molecule has 7 heteroatoms. The first-order chi connectivity index (χ1) is 11.6. The standard InChI is InChI=1S/C17H13ClN4OS/c1-9(15(23)12-8-19-13-5-3-2-4-11(12)13)24-17-21-14-6-10(18)7-20-16(14)22-17/h2-9,19H,1H3,(H,20,21,22)/t9-/m1/s1. The maximum Gasteiger partial charge on any atom is 0.178 e. The van der Waals surface area contributed by atoms with E-state index < -0.39 is 0 Å². The highest BCUT2D eigenvalue weighted by atomic mass is 35.5. The first kappa shape index (κ1) is 15.2. The Hall–Kier alpha value is -2.31. The Morgan fingerprint density at radius 3 is 3.00 bits per heavy atom. The van der Waals surface area contributed by atoms with Crippen LogP contribution in [0.3, 0.4) is 0 Å². The number of aromatic amines is 2. The number of rotatable bonds is 4. The number of benzene rings is 1. The minimum absolute atomic E-state index is 0.0592. The van der Waals surface area contributed by atoms with Crippen molar-refractivity contribution < 1.29 is 4.79 Å². The third kappa shape index (κ3) is 2.68. The van der Waals surface area contributed by atoms with E-state index in [0.717, 1.165) is 16.4 Å². The van der Waals surface area contributed by atoms with Crippen LogP contribution in [0.2, 0.25) is 5.02 Å². The van der Waals surface area contributed by atoms with Crippen molar-refractivity contribution in [2.45, 2.75) is 17.3 Å². The summed E-state index contributed by atoms with van der Waals surface area (Å²) >= 11 is 7.31. The molecule has 0 fully saturated rings. The Labute approximate surface area is 146 Å². The van der Waals surface area contributed by atoms with E-state index in [1.165, 1.54) is 11.8 Å². The molecule has 5 nitrogen and oxygen atoms in total. The van der Waals surface area contributed by atoms with Crippen LogP contribution in [0.4, 0.5) is 0 Å². The lowest BCUT2D eigenvalue weighted by Crippen LogP contribution is -2.13. The number of H-pyrrole nitrogens is 2. The maximum absolute atomic E-state index is 12.8. The summed E-state index contributed by atoms with van der Waals surface area (Å²) in [5.41, 5.74) is 3.01. The van der Waals surface area contributed by atoms with Crippen LogP contribution in [0.25, 0.3) is 22.1 Å². The number of fused-ring (bicyclic) bond motifs is 2. The van der Waals surface area contributed by atoms with Gasteiger partial charge in [0.05, 0.1) is 15.8 Å². The summed E-state index contributed by atoms with van der Waals surface area (Å²) in [5, 5.41) is 1.86. The molecule has 1 aromatic carbocycles. The van der Waals surface area contributed by atoms with E-state index in [4.69, 9.17) is 11.6 Å². The largest absolute Gasteiger partial charge is 0.360 e. The molecule has 0 unspecified atom stereocenters. The minimum Gasteiger partial charge on any atom is -0.360 e. The molecule has 4 rings (SSSR count). The molecular weight excluding hydrogens is 344 g/mol. The average Bonchev–Trinajstić information content (AvgIpc) is 3.17. The normalized spacial score (nSPS) is 12.8. The molecule has 0 amide bonds. The zero-order chi connectivity index (χ0) is 16.7.